The molecular formula is C29H38F3N3O3. The van der Waals surface area contributed by atoms with E-state index < -0.39 is 29.4 Å². The fraction of sp³-hybridized carbons (Fsp3) is 0.690. The average molecular weight is 534 g/mol. The molecule has 0 bridgehead atoms. The highest BCUT2D eigenvalue weighted by molar-refractivity contribution is 5.98. The van der Waals surface area contributed by atoms with Gasteiger partial charge in [-0.15, -0.1) is 0 Å². The summed E-state index contributed by atoms with van der Waals surface area (Å²) in [7, 11) is 0. The molecule has 3 N–H and O–H groups in total. The molecular weight excluding hydrogens is 495 g/mol. The van der Waals surface area contributed by atoms with Gasteiger partial charge in [0, 0.05) is 12.2 Å². The van der Waals surface area contributed by atoms with Crippen molar-refractivity contribution in [1.29, 1.82) is 0 Å². The third kappa shape index (κ3) is 5.71. The largest absolute Gasteiger partial charge is 0.471 e. The maximum atomic E-state index is 13.5. The number of amides is 3. The number of rotatable bonds is 10. The van der Waals surface area contributed by atoms with Crippen LogP contribution in [0.1, 0.15) is 83.1 Å². The Morgan fingerprint density at radius 3 is 2.13 bits per heavy atom. The molecule has 0 unspecified atom stereocenters. The molecule has 0 saturated heterocycles. The number of hydrogen-bond donors (Lipinski definition) is 3. The molecule has 3 amide bonds. The summed E-state index contributed by atoms with van der Waals surface area (Å²) in [4.78, 5) is 38.8. The lowest BCUT2D eigenvalue weighted by Gasteiger charge is -2.39. The highest BCUT2D eigenvalue weighted by Gasteiger charge is 2.51. The molecule has 0 radical (unpaired) electrons. The lowest BCUT2D eigenvalue weighted by Crippen LogP contribution is -2.53. The first kappa shape index (κ1) is 27.0. The molecule has 4 aliphatic carbocycles. The van der Waals surface area contributed by atoms with Crippen LogP contribution in [0, 0.1) is 23.2 Å². The SMILES string of the molecule is CC1(CNC(=O)C2(c3cccc(NC(=O)[C@@H](NC(=O)C(F)(F)F)C(C4CC4)C4CC4)c3)CCCC2)CCC1. The van der Waals surface area contributed by atoms with E-state index in [0.717, 1.165) is 56.9 Å². The normalized spacial score (nSPS) is 22.9. The second-order valence-corrected chi connectivity index (χ2v) is 12.4. The van der Waals surface area contributed by atoms with Crippen molar-refractivity contribution in [2.75, 3.05) is 11.9 Å². The molecule has 0 aromatic heterocycles. The van der Waals surface area contributed by atoms with Crippen LogP contribution in [-0.4, -0.2) is 36.5 Å². The van der Waals surface area contributed by atoms with E-state index in [2.05, 4.69) is 17.6 Å². The molecule has 0 spiro atoms. The van der Waals surface area contributed by atoms with E-state index >= 15 is 0 Å². The van der Waals surface area contributed by atoms with Crippen LogP contribution in [0.15, 0.2) is 24.3 Å². The van der Waals surface area contributed by atoms with E-state index in [9.17, 15) is 27.6 Å². The summed E-state index contributed by atoms with van der Waals surface area (Å²) in [6.45, 7) is 2.84. The molecule has 4 fully saturated rings. The first-order chi connectivity index (χ1) is 18.0. The lowest BCUT2D eigenvalue weighted by molar-refractivity contribution is -0.175. The van der Waals surface area contributed by atoms with E-state index in [1.807, 2.05) is 11.4 Å². The van der Waals surface area contributed by atoms with Crippen LogP contribution in [0.25, 0.3) is 0 Å². The summed E-state index contributed by atoms with van der Waals surface area (Å²) in [6.07, 6.45) is 5.06. The molecule has 6 nitrogen and oxygen atoms in total. The Labute approximate surface area is 221 Å². The van der Waals surface area contributed by atoms with Gasteiger partial charge in [-0.1, -0.05) is 38.3 Å². The Morgan fingerprint density at radius 2 is 1.61 bits per heavy atom. The number of carbonyl (C=O) groups is 3. The van der Waals surface area contributed by atoms with E-state index in [0.29, 0.717) is 25.1 Å². The molecule has 208 valence electrons. The van der Waals surface area contributed by atoms with Gasteiger partial charge in [0.05, 0.1) is 5.41 Å². The predicted molar refractivity (Wildman–Crippen MR) is 137 cm³/mol. The summed E-state index contributed by atoms with van der Waals surface area (Å²) >= 11 is 0. The number of anilines is 1. The van der Waals surface area contributed by atoms with Gasteiger partial charge in [0.1, 0.15) is 6.04 Å². The van der Waals surface area contributed by atoms with Crippen LogP contribution in [0.2, 0.25) is 0 Å². The van der Waals surface area contributed by atoms with Crippen LogP contribution in [0.4, 0.5) is 18.9 Å². The van der Waals surface area contributed by atoms with E-state index in [-0.39, 0.29) is 29.1 Å². The Hall–Kier alpha value is -2.58. The van der Waals surface area contributed by atoms with Gasteiger partial charge < -0.3 is 16.0 Å². The summed E-state index contributed by atoms with van der Waals surface area (Å²) in [5.41, 5.74) is 0.700. The van der Waals surface area contributed by atoms with Gasteiger partial charge in [0.25, 0.3) is 0 Å². The summed E-state index contributed by atoms with van der Waals surface area (Å²) in [5.74, 6) is -2.71. The maximum absolute atomic E-state index is 13.5. The van der Waals surface area contributed by atoms with E-state index in [1.165, 1.54) is 6.42 Å². The molecule has 1 aromatic carbocycles. The van der Waals surface area contributed by atoms with Crippen molar-refractivity contribution >= 4 is 23.4 Å². The third-order valence-corrected chi connectivity index (χ3v) is 9.35. The van der Waals surface area contributed by atoms with Crippen molar-refractivity contribution in [3.05, 3.63) is 29.8 Å². The van der Waals surface area contributed by atoms with Crippen LogP contribution in [-0.2, 0) is 19.8 Å². The number of carbonyl (C=O) groups excluding carboxylic acids is 3. The fourth-order valence-electron chi connectivity index (χ4n) is 6.61. The standard InChI is InChI=1S/C29H38F3N3O3/c1-27(12-5-13-27)17-33-25(37)28(14-2-3-15-28)20-6-4-7-21(16-20)34-24(36)23(35-26(38)29(30,31)32)22(18-8-9-18)19-10-11-19/h4,6-7,16,18-19,22-23H,2-3,5,8-15,17H2,1H3,(H,33,37)(H,34,36)(H,35,38)/t23-/m0/s1. The Bertz CT molecular complexity index is 1060. The average Bonchev–Trinajstić information content (AvgIpc) is 3.80. The van der Waals surface area contributed by atoms with Crippen LogP contribution < -0.4 is 16.0 Å². The summed E-state index contributed by atoms with van der Waals surface area (Å²) in [6, 6.07) is 5.88. The highest BCUT2D eigenvalue weighted by Crippen LogP contribution is 2.51. The Morgan fingerprint density at radius 1 is 0.974 bits per heavy atom. The smallest absolute Gasteiger partial charge is 0.355 e. The Balaban J connectivity index is 1.34. The number of halogens is 3. The monoisotopic (exact) mass is 533 g/mol. The first-order valence-electron chi connectivity index (χ1n) is 14.1. The second kappa shape index (κ2) is 10.2. The van der Waals surface area contributed by atoms with Gasteiger partial charge in [0.2, 0.25) is 11.8 Å². The number of nitrogens with one attached hydrogen (secondary N) is 3. The topological polar surface area (TPSA) is 87.3 Å². The lowest BCUT2D eigenvalue weighted by atomic mass is 9.70. The van der Waals surface area contributed by atoms with Gasteiger partial charge >= 0.3 is 12.1 Å². The van der Waals surface area contributed by atoms with Crippen molar-refractivity contribution < 1.29 is 27.6 Å². The van der Waals surface area contributed by atoms with Gasteiger partial charge in [0.15, 0.2) is 0 Å². The minimum Gasteiger partial charge on any atom is -0.355 e. The molecule has 5 rings (SSSR count). The molecule has 4 saturated carbocycles. The van der Waals surface area contributed by atoms with Crippen molar-refractivity contribution in [2.45, 2.75) is 95.2 Å². The molecule has 1 aromatic rings. The van der Waals surface area contributed by atoms with E-state index in [4.69, 9.17) is 0 Å². The van der Waals surface area contributed by atoms with Crippen LogP contribution in [0.5, 0.6) is 0 Å². The minimum absolute atomic E-state index is 0.00412. The zero-order valence-electron chi connectivity index (χ0n) is 22.0. The minimum atomic E-state index is -5.06. The predicted octanol–water partition coefficient (Wildman–Crippen LogP) is 5.23. The number of alkyl halides is 3. The molecule has 38 heavy (non-hydrogen) atoms. The number of hydrogen-bond acceptors (Lipinski definition) is 3. The molecule has 4 aliphatic rings. The highest BCUT2D eigenvalue weighted by atomic mass is 19.4. The van der Waals surface area contributed by atoms with Crippen LogP contribution >= 0.6 is 0 Å². The first-order valence-corrected chi connectivity index (χ1v) is 14.1. The van der Waals surface area contributed by atoms with Crippen molar-refractivity contribution in [1.82, 2.24) is 10.6 Å². The fourth-order valence-corrected chi connectivity index (χ4v) is 6.61. The van der Waals surface area contributed by atoms with Gasteiger partial charge in [-0.25, -0.2) is 0 Å². The quantitative estimate of drug-likeness (QED) is 0.385. The zero-order chi connectivity index (χ0) is 27.1. The molecule has 9 heteroatoms. The third-order valence-electron chi connectivity index (χ3n) is 9.35. The second-order valence-electron chi connectivity index (χ2n) is 12.4. The van der Waals surface area contributed by atoms with Crippen LogP contribution in [0.3, 0.4) is 0 Å². The molecule has 0 heterocycles. The molecule has 0 aliphatic heterocycles. The maximum Gasteiger partial charge on any atom is 0.471 e. The zero-order valence-corrected chi connectivity index (χ0v) is 22.0. The van der Waals surface area contributed by atoms with Gasteiger partial charge in [-0.05, 0) is 92.2 Å². The van der Waals surface area contributed by atoms with E-state index in [1.54, 1.807) is 18.2 Å². The van der Waals surface area contributed by atoms with Gasteiger partial charge in [-0.2, -0.15) is 13.2 Å². The van der Waals surface area contributed by atoms with Gasteiger partial charge in [-0.3, -0.25) is 14.4 Å². The summed E-state index contributed by atoms with van der Waals surface area (Å²) in [5, 5.41) is 8.00. The number of benzene rings is 1. The Kier molecular flexibility index (Phi) is 7.24. The van der Waals surface area contributed by atoms with Crippen molar-refractivity contribution in [3.63, 3.8) is 0 Å². The summed E-state index contributed by atoms with van der Waals surface area (Å²) < 4.78 is 39.4. The molecule has 1 atom stereocenters. The van der Waals surface area contributed by atoms with Crippen molar-refractivity contribution in [3.8, 4) is 0 Å². The van der Waals surface area contributed by atoms with Crippen molar-refractivity contribution in [2.24, 2.45) is 23.2 Å².